The largest absolute Gasteiger partial charge is 0.349 e. The SMILES string of the molecule is C=CCNC(=O)c1ccc(N2CCCC2c2noc(C(C)C)n2)nc1. The van der Waals surface area contributed by atoms with E-state index in [1.165, 1.54) is 0 Å². The lowest BCUT2D eigenvalue weighted by Gasteiger charge is -2.23. The molecule has 132 valence electrons. The van der Waals surface area contributed by atoms with Crippen molar-refractivity contribution in [3.63, 3.8) is 0 Å². The molecule has 1 saturated heterocycles. The van der Waals surface area contributed by atoms with Crippen LogP contribution in [0.1, 0.15) is 60.7 Å². The predicted molar refractivity (Wildman–Crippen MR) is 94.5 cm³/mol. The summed E-state index contributed by atoms with van der Waals surface area (Å²) in [6, 6.07) is 3.71. The van der Waals surface area contributed by atoms with Crippen molar-refractivity contribution in [2.75, 3.05) is 18.0 Å². The van der Waals surface area contributed by atoms with E-state index < -0.39 is 0 Å². The van der Waals surface area contributed by atoms with Gasteiger partial charge in [0.2, 0.25) is 5.89 Å². The van der Waals surface area contributed by atoms with Gasteiger partial charge in [0.15, 0.2) is 5.82 Å². The Morgan fingerprint density at radius 3 is 3.00 bits per heavy atom. The quantitative estimate of drug-likeness (QED) is 0.813. The fraction of sp³-hybridized carbons (Fsp3) is 0.444. The Labute approximate surface area is 147 Å². The van der Waals surface area contributed by atoms with Crippen molar-refractivity contribution in [3.8, 4) is 0 Å². The molecule has 0 saturated carbocycles. The maximum absolute atomic E-state index is 11.9. The maximum Gasteiger partial charge on any atom is 0.253 e. The van der Waals surface area contributed by atoms with Gasteiger partial charge in [0.25, 0.3) is 5.91 Å². The third kappa shape index (κ3) is 3.70. The molecule has 1 N–H and O–H groups in total. The van der Waals surface area contributed by atoms with E-state index in [-0.39, 0.29) is 17.9 Å². The molecular weight excluding hydrogens is 318 g/mol. The van der Waals surface area contributed by atoms with Crippen molar-refractivity contribution in [3.05, 3.63) is 48.3 Å². The second-order valence-corrected chi connectivity index (χ2v) is 6.40. The number of carbonyl (C=O) groups is 1. The van der Waals surface area contributed by atoms with Gasteiger partial charge in [-0.3, -0.25) is 4.79 Å². The monoisotopic (exact) mass is 341 g/mol. The topological polar surface area (TPSA) is 84.2 Å². The highest BCUT2D eigenvalue weighted by Gasteiger charge is 2.31. The average molecular weight is 341 g/mol. The third-order valence-corrected chi connectivity index (χ3v) is 4.21. The van der Waals surface area contributed by atoms with E-state index in [2.05, 4.69) is 31.9 Å². The first-order valence-electron chi connectivity index (χ1n) is 8.55. The van der Waals surface area contributed by atoms with Crippen molar-refractivity contribution >= 4 is 11.7 Å². The Morgan fingerprint density at radius 1 is 1.52 bits per heavy atom. The second kappa shape index (κ2) is 7.46. The molecule has 7 heteroatoms. The van der Waals surface area contributed by atoms with E-state index in [0.717, 1.165) is 25.2 Å². The van der Waals surface area contributed by atoms with Crippen LogP contribution in [-0.2, 0) is 0 Å². The van der Waals surface area contributed by atoms with E-state index in [1.807, 2.05) is 19.9 Å². The van der Waals surface area contributed by atoms with Crippen molar-refractivity contribution in [2.24, 2.45) is 0 Å². The van der Waals surface area contributed by atoms with Crippen LogP contribution in [0.3, 0.4) is 0 Å². The van der Waals surface area contributed by atoms with Gasteiger partial charge in [-0.05, 0) is 25.0 Å². The van der Waals surface area contributed by atoms with Crippen molar-refractivity contribution in [2.45, 2.75) is 38.6 Å². The van der Waals surface area contributed by atoms with Gasteiger partial charge in [0.1, 0.15) is 5.82 Å². The Hall–Kier alpha value is -2.70. The van der Waals surface area contributed by atoms with E-state index in [4.69, 9.17) is 4.52 Å². The van der Waals surface area contributed by atoms with E-state index >= 15 is 0 Å². The van der Waals surface area contributed by atoms with Gasteiger partial charge in [-0.15, -0.1) is 6.58 Å². The molecule has 0 bridgehead atoms. The van der Waals surface area contributed by atoms with Gasteiger partial charge < -0.3 is 14.7 Å². The van der Waals surface area contributed by atoms with Crippen molar-refractivity contribution < 1.29 is 9.32 Å². The van der Waals surface area contributed by atoms with Gasteiger partial charge in [-0.1, -0.05) is 25.1 Å². The number of nitrogens with zero attached hydrogens (tertiary/aromatic N) is 4. The molecule has 7 nitrogen and oxygen atoms in total. The van der Waals surface area contributed by atoms with Gasteiger partial charge in [-0.2, -0.15) is 4.98 Å². The first-order valence-corrected chi connectivity index (χ1v) is 8.55. The van der Waals surface area contributed by atoms with Crippen LogP contribution in [0.15, 0.2) is 35.5 Å². The summed E-state index contributed by atoms with van der Waals surface area (Å²) < 4.78 is 5.34. The molecule has 3 rings (SSSR count). The zero-order valence-corrected chi connectivity index (χ0v) is 14.6. The number of hydrogen-bond donors (Lipinski definition) is 1. The number of nitrogens with one attached hydrogen (secondary N) is 1. The molecule has 0 radical (unpaired) electrons. The minimum atomic E-state index is -0.156. The number of aromatic nitrogens is 3. The van der Waals surface area contributed by atoms with Crippen LogP contribution >= 0.6 is 0 Å². The zero-order chi connectivity index (χ0) is 17.8. The molecule has 0 aromatic carbocycles. The molecule has 1 fully saturated rings. The Kier molecular flexibility index (Phi) is 5.11. The third-order valence-electron chi connectivity index (χ3n) is 4.21. The van der Waals surface area contributed by atoms with Gasteiger partial charge in [-0.25, -0.2) is 4.98 Å². The second-order valence-electron chi connectivity index (χ2n) is 6.40. The molecule has 1 aliphatic rings. The van der Waals surface area contributed by atoms with Crippen LogP contribution in [0.2, 0.25) is 0 Å². The summed E-state index contributed by atoms with van der Waals surface area (Å²) in [5, 5.41) is 6.89. The van der Waals surface area contributed by atoms with E-state index in [1.54, 1.807) is 18.3 Å². The van der Waals surface area contributed by atoms with Gasteiger partial charge in [0, 0.05) is 25.2 Å². The van der Waals surface area contributed by atoms with Gasteiger partial charge >= 0.3 is 0 Å². The number of carbonyl (C=O) groups excluding carboxylic acids is 1. The van der Waals surface area contributed by atoms with Gasteiger partial charge in [0.05, 0.1) is 11.6 Å². The smallest absolute Gasteiger partial charge is 0.253 e. The first-order chi connectivity index (χ1) is 12.1. The Morgan fingerprint density at radius 2 is 2.36 bits per heavy atom. The van der Waals surface area contributed by atoms with Crippen molar-refractivity contribution in [1.82, 2.24) is 20.4 Å². The summed E-state index contributed by atoms with van der Waals surface area (Å²) in [5.74, 6) is 2.23. The summed E-state index contributed by atoms with van der Waals surface area (Å²) in [6.07, 6.45) is 5.24. The summed E-state index contributed by atoms with van der Waals surface area (Å²) in [5.41, 5.74) is 0.531. The Bertz CT molecular complexity index is 738. The van der Waals surface area contributed by atoms with Crippen LogP contribution in [0.25, 0.3) is 0 Å². The molecule has 2 aromatic heterocycles. The summed E-state index contributed by atoms with van der Waals surface area (Å²) in [6.45, 7) is 8.96. The molecule has 0 spiro atoms. The number of hydrogen-bond acceptors (Lipinski definition) is 6. The van der Waals surface area contributed by atoms with Crippen molar-refractivity contribution in [1.29, 1.82) is 0 Å². The van der Waals surface area contributed by atoms with Crippen LogP contribution < -0.4 is 10.2 Å². The summed E-state index contributed by atoms with van der Waals surface area (Å²) in [4.78, 5) is 23.1. The highest BCUT2D eigenvalue weighted by Crippen LogP contribution is 2.34. The molecule has 2 aromatic rings. The molecule has 25 heavy (non-hydrogen) atoms. The van der Waals surface area contributed by atoms with Crippen LogP contribution in [0, 0.1) is 0 Å². The minimum absolute atomic E-state index is 0.0594. The lowest BCUT2D eigenvalue weighted by atomic mass is 10.2. The standard InChI is InChI=1S/C18H23N5O2/c1-4-9-19-17(24)13-7-8-15(20-11-13)23-10-5-6-14(23)16-21-18(12(2)3)25-22-16/h4,7-8,11-12,14H,1,5-6,9-10H2,2-3H3,(H,19,24). The maximum atomic E-state index is 11.9. The normalized spacial score (nSPS) is 17.1. The highest BCUT2D eigenvalue weighted by molar-refractivity contribution is 5.94. The predicted octanol–water partition coefficient (Wildman–Crippen LogP) is 2.85. The molecule has 1 aliphatic heterocycles. The molecular formula is C18H23N5O2. The minimum Gasteiger partial charge on any atom is -0.349 e. The first kappa shape index (κ1) is 17.1. The van der Waals surface area contributed by atoms with Crippen LogP contribution in [-0.4, -0.2) is 34.1 Å². The molecule has 1 atom stereocenters. The summed E-state index contributed by atoms with van der Waals surface area (Å²) in [7, 11) is 0. The number of rotatable bonds is 6. The fourth-order valence-electron chi connectivity index (χ4n) is 2.88. The van der Waals surface area contributed by atoms with Crippen LogP contribution in [0.5, 0.6) is 0 Å². The highest BCUT2D eigenvalue weighted by atomic mass is 16.5. The fourth-order valence-corrected chi connectivity index (χ4v) is 2.88. The van der Waals surface area contributed by atoms with E-state index in [9.17, 15) is 4.79 Å². The lowest BCUT2D eigenvalue weighted by molar-refractivity contribution is 0.0957. The molecule has 3 heterocycles. The average Bonchev–Trinajstić information content (AvgIpc) is 3.28. The lowest BCUT2D eigenvalue weighted by Crippen LogP contribution is -2.26. The molecule has 1 unspecified atom stereocenters. The summed E-state index contributed by atoms with van der Waals surface area (Å²) >= 11 is 0. The molecule has 1 amide bonds. The number of anilines is 1. The Balaban J connectivity index is 1.75. The molecule has 0 aliphatic carbocycles. The van der Waals surface area contributed by atoms with E-state index in [0.29, 0.717) is 23.8 Å². The zero-order valence-electron chi connectivity index (χ0n) is 14.6. The van der Waals surface area contributed by atoms with Crippen LogP contribution in [0.4, 0.5) is 5.82 Å². The number of pyridine rings is 1. The number of amides is 1.